The maximum atomic E-state index is 13.6. The Kier molecular flexibility index (Phi) is 27.6. The number of esters is 4. The second kappa shape index (κ2) is 30.3. The molecule has 0 atom stereocenters. The predicted octanol–water partition coefficient (Wildman–Crippen LogP) is 12.7. The number of rotatable bonds is 32. The third kappa shape index (κ3) is 23.8. The Hall–Kier alpha value is -2.90. The zero-order valence-electron chi connectivity index (χ0n) is 35.7. The van der Waals surface area contributed by atoms with Crippen molar-refractivity contribution >= 4 is 23.9 Å². The minimum absolute atomic E-state index is 0.112. The van der Waals surface area contributed by atoms with Crippen LogP contribution in [-0.2, 0) is 18.9 Å². The Morgan fingerprint density at radius 3 is 0.704 bits per heavy atom. The molecular formula is C46H78O8. The zero-order valence-corrected chi connectivity index (χ0v) is 35.7. The van der Waals surface area contributed by atoms with Crippen LogP contribution in [0.15, 0.2) is 12.1 Å². The van der Waals surface area contributed by atoms with Crippen LogP contribution in [0.2, 0.25) is 0 Å². The summed E-state index contributed by atoms with van der Waals surface area (Å²) in [4.78, 5) is 54.2. The van der Waals surface area contributed by atoms with Crippen molar-refractivity contribution in [3.63, 3.8) is 0 Å². The van der Waals surface area contributed by atoms with Gasteiger partial charge in [-0.2, -0.15) is 0 Å². The van der Waals surface area contributed by atoms with Gasteiger partial charge in [-0.15, -0.1) is 0 Å². The number of benzene rings is 1. The van der Waals surface area contributed by atoms with Gasteiger partial charge in [0, 0.05) is 0 Å². The molecule has 1 rings (SSSR count). The molecule has 0 aliphatic heterocycles. The van der Waals surface area contributed by atoms with Gasteiger partial charge in [-0.3, -0.25) is 0 Å². The molecule has 310 valence electrons. The summed E-state index contributed by atoms with van der Waals surface area (Å²) in [5, 5.41) is 0. The summed E-state index contributed by atoms with van der Waals surface area (Å²) in [7, 11) is 0. The minimum atomic E-state index is -0.738. The normalized spacial score (nSPS) is 11.5. The third-order valence-electron chi connectivity index (χ3n) is 9.67. The van der Waals surface area contributed by atoms with E-state index in [1.165, 1.54) is 12.1 Å². The fourth-order valence-corrected chi connectivity index (χ4v) is 6.28. The first-order valence-corrected chi connectivity index (χ1v) is 21.7. The van der Waals surface area contributed by atoms with Crippen molar-refractivity contribution in [2.75, 3.05) is 26.4 Å². The van der Waals surface area contributed by atoms with E-state index < -0.39 is 23.9 Å². The SMILES string of the molecule is CC(C)CCCCCCOC(=O)c1cc(C(=O)OCCCCCCC(C)C)c(C(=O)OCCCCCCC(C)C)cc1C(=O)OCCCCCCC(C)C. The summed E-state index contributed by atoms with van der Waals surface area (Å²) in [6.07, 6.45) is 19.8. The number of ether oxygens (including phenoxy) is 4. The zero-order chi connectivity index (χ0) is 40.1. The maximum absolute atomic E-state index is 13.6. The number of unbranched alkanes of at least 4 members (excludes halogenated alkanes) is 12. The van der Waals surface area contributed by atoms with Crippen LogP contribution >= 0.6 is 0 Å². The van der Waals surface area contributed by atoms with Gasteiger partial charge in [0.2, 0.25) is 0 Å². The van der Waals surface area contributed by atoms with E-state index in [9.17, 15) is 19.2 Å². The molecule has 0 saturated heterocycles. The highest BCUT2D eigenvalue weighted by atomic mass is 16.5. The lowest BCUT2D eigenvalue weighted by Crippen LogP contribution is -2.21. The largest absolute Gasteiger partial charge is 0.462 e. The van der Waals surface area contributed by atoms with E-state index in [1.54, 1.807) is 0 Å². The van der Waals surface area contributed by atoms with Gasteiger partial charge in [0.25, 0.3) is 0 Å². The van der Waals surface area contributed by atoms with Crippen molar-refractivity contribution in [2.45, 2.75) is 184 Å². The highest BCUT2D eigenvalue weighted by Gasteiger charge is 2.29. The molecule has 54 heavy (non-hydrogen) atoms. The van der Waals surface area contributed by atoms with Crippen molar-refractivity contribution in [1.29, 1.82) is 0 Å². The summed E-state index contributed by atoms with van der Waals surface area (Å²) in [5.74, 6) is -0.335. The standard InChI is InChI=1S/C46H78O8/c1-35(2)25-17-9-13-21-29-51-43(47)39-33-41(45(49)53-31-23-15-11-19-27-37(5)6)42(46(50)54-32-24-16-12-20-28-38(7)8)34-40(39)44(48)52-30-22-14-10-18-26-36(3)4/h33-38H,9-32H2,1-8H3. The monoisotopic (exact) mass is 759 g/mol. The number of hydrogen-bond acceptors (Lipinski definition) is 8. The van der Waals surface area contributed by atoms with Crippen molar-refractivity contribution in [1.82, 2.24) is 0 Å². The molecule has 0 bridgehead atoms. The molecule has 0 aliphatic carbocycles. The third-order valence-corrected chi connectivity index (χ3v) is 9.67. The van der Waals surface area contributed by atoms with Gasteiger partial charge < -0.3 is 18.9 Å². The van der Waals surface area contributed by atoms with Crippen LogP contribution < -0.4 is 0 Å². The van der Waals surface area contributed by atoms with Crippen molar-refractivity contribution in [3.8, 4) is 0 Å². The molecule has 0 aromatic heterocycles. The first kappa shape index (κ1) is 49.1. The number of carbonyl (C=O) groups is 4. The Balaban J connectivity index is 3.21. The van der Waals surface area contributed by atoms with E-state index in [0.717, 1.165) is 103 Å². The quantitative estimate of drug-likeness (QED) is 0.0406. The molecule has 0 heterocycles. The maximum Gasteiger partial charge on any atom is 0.339 e. The van der Waals surface area contributed by atoms with Gasteiger partial charge in [0.05, 0.1) is 48.7 Å². The number of carbonyl (C=O) groups excluding carboxylic acids is 4. The van der Waals surface area contributed by atoms with Gasteiger partial charge in [-0.05, 0) is 61.5 Å². The second-order valence-electron chi connectivity index (χ2n) is 16.9. The van der Waals surface area contributed by atoms with Crippen LogP contribution in [0.1, 0.15) is 225 Å². The van der Waals surface area contributed by atoms with Crippen molar-refractivity contribution in [2.24, 2.45) is 23.7 Å². The fraction of sp³-hybridized carbons (Fsp3) is 0.783. The molecule has 0 saturated carbocycles. The van der Waals surface area contributed by atoms with Crippen LogP contribution in [0.4, 0.5) is 0 Å². The molecule has 1 aromatic carbocycles. The van der Waals surface area contributed by atoms with E-state index in [-0.39, 0.29) is 48.7 Å². The average Bonchev–Trinajstić information content (AvgIpc) is 3.11. The Morgan fingerprint density at radius 2 is 0.519 bits per heavy atom. The molecule has 0 fully saturated rings. The van der Waals surface area contributed by atoms with Crippen molar-refractivity contribution < 1.29 is 38.1 Å². The predicted molar refractivity (Wildman–Crippen MR) is 219 cm³/mol. The molecule has 0 unspecified atom stereocenters. The lowest BCUT2D eigenvalue weighted by molar-refractivity contribution is 0.0434. The van der Waals surface area contributed by atoms with Gasteiger partial charge >= 0.3 is 23.9 Å². The number of hydrogen-bond donors (Lipinski definition) is 0. The van der Waals surface area contributed by atoms with E-state index in [0.29, 0.717) is 49.4 Å². The summed E-state index contributed by atoms with van der Waals surface area (Å²) in [6, 6.07) is 2.53. The van der Waals surface area contributed by atoms with E-state index in [1.807, 2.05) is 0 Å². The summed E-state index contributed by atoms with van der Waals surface area (Å²) >= 11 is 0. The Morgan fingerprint density at radius 1 is 0.333 bits per heavy atom. The van der Waals surface area contributed by atoms with Crippen LogP contribution in [-0.4, -0.2) is 50.3 Å². The lowest BCUT2D eigenvalue weighted by Gasteiger charge is -2.15. The highest BCUT2D eigenvalue weighted by Crippen LogP contribution is 2.23. The molecule has 0 aliphatic rings. The second-order valence-corrected chi connectivity index (χ2v) is 16.9. The minimum Gasteiger partial charge on any atom is -0.462 e. The summed E-state index contributed by atoms with van der Waals surface area (Å²) in [6.45, 7) is 18.4. The van der Waals surface area contributed by atoms with Crippen molar-refractivity contribution in [3.05, 3.63) is 34.4 Å². The van der Waals surface area contributed by atoms with E-state index in [4.69, 9.17) is 18.9 Å². The highest BCUT2D eigenvalue weighted by molar-refractivity contribution is 6.10. The van der Waals surface area contributed by atoms with Crippen LogP contribution in [0.3, 0.4) is 0 Å². The molecular weight excluding hydrogens is 680 g/mol. The van der Waals surface area contributed by atoms with Crippen LogP contribution in [0, 0.1) is 23.7 Å². The van der Waals surface area contributed by atoms with Crippen LogP contribution in [0.25, 0.3) is 0 Å². The molecule has 1 aromatic rings. The van der Waals surface area contributed by atoms with Gasteiger partial charge in [0.1, 0.15) is 0 Å². The smallest absolute Gasteiger partial charge is 0.339 e. The van der Waals surface area contributed by atoms with Gasteiger partial charge in [0.15, 0.2) is 0 Å². The molecule has 0 spiro atoms. The Labute approximate surface area is 329 Å². The van der Waals surface area contributed by atoms with Gasteiger partial charge in [-0.25, -0.2) is 19.2 Å². The molecule has 0 N–H and O–H groups in total. The summed E-state index contributed by atoms with van der Waals surface area (Å²) in [5.41, 5.74) is -0.448. The molecule has 8 nitrogen and oxygen atoms in total. The first-order chi connectivity index (χ1) is 25.8. The van der Waals surface area contributed by atoms with Gasteiger partial charge in [-0.1, -0.05) is 158 Å². The average molecular weight is 759 g/mol. The fourth-order valence-electron chi connectivity index (χ4n) is 6.28. The topological polar surface area (TPSA) is 105 Å². The van der Waals surface area contributed by atoms with Crippen LogP contribution in [0.5, 0.6) is 0 Å². The molecule has 0 amide bonds. The first-order valence-electron chi connectivity index (χ1n) is 21.7. The Bertz CT molecular complexity index is 1010. The molecule has 0 radical (unpaired) electrons. The molecule has 8 heteroatoms. The lowest BCUT2D eigenvalue weighted by atomic mass is 9.97. The summed E-state index contributed by atoms with van der Waals surface area (Å²) < 4.78 is 22.5. The van der Waals surface area contributed by atoms with E-state index >= 15 is 0 Å². The van der Waals surface area contributed by atoms with E-state index in [2.05, 4.69) is 55.4 Å².